The van der Waals surface area contributed by atoms with Crippen LogP contribution in [0.2, 0.25) is 0 Å². The van der Waals surface area contributed by atoms with Crippen LogP contribution in [0.5, 0.6) is 5.75 Å². The second-order valence-electron chi connectivity index (χ2n) is 9.26. The van der Waals surface area contributed by atoms with E-state index in [2.05, 4.69) is 15.2 Å². The lowest BCUT2D eigenvalue weighted by molar-refractivity contribution is -0.123. The molecule has 2 aromatic carbocycles. The molecular formula is C26H30N4O3. The van der Waals surface area contributed by atoms with Crippen LogP contribution in [0.3, 0.4) is 0 Å². The zero-order chi connectivity index (χ0) is 23.6. The fourth-order valence-electron chi connectivity index (χ4n) is 3.83. The third-order valence-corrected chi connectivity index (χ3v) is 5.86. The predicted octanol–water partition coefficient (Wildman–Crippen LogP) is 4.19. The number of hydrogen-bond donors (Lipinski definition) is 1. The molecule has 1 aliphatic heterocycles. The van der Waals surface area contributed by atoms with Crippen molar-refractivity contribution in [1.82, 2.24) is 9.88 Å². The van der Waals surface area contributed by atoms with Crippen molar-refractivity contribution in [2.24, 2.45) is 5.41 Å². The van der Waals surface area contributed by atoms with Gasteiger partial charge in [-0.15, -0.1) is 0 Å². The Hall–Kier alpha value is -3.61. The van der Waals surface area contributed by atoms with E-state index in [1.165, 1.54) is 0 Å². The number of hydrogen-bond acceptors (Lipinski definition) is 5. The molecule has 0 spiro atoms. The smallest absolute Gasteiger partial charge is 0.272 e. The van der Waals surface area contributed by atoms with Gasteiger partial charge >= 0.3 is 0 Å². The normalized spacial score (nSPS) is 14.3. The van der Waals surface area contributed by atoms with E-state index in [9.17, 15) is 9.59 Å². The number of ether oxygens (including phenoxy) is 1. The number of piperazine rings is 1. The Bertz CT molecular complexity index is 1160. The van der Waals surface area contributed by atoms with Crippen molar-refractivity contribution in [2.75, 3.05) is 43.5 Å². The molecule has 7 nitrogen and oxygen atoms in total. The van der Waals surface area contributed by atoms with Gasteiger partial charge in [-0.3, -0.25) is 9.59 Å². The number of amides is 2. The quantitative estimate of drug-likeness (QED) is 0.650. The summed E-state index contributed by atoms with van der Waals surface area (Å²) >= 11 is 0. The number of fused-ring (bicyclic) bond motifs is 1. The topological polar surface area (TPSA) is 74.8 Å². The first-order chi connectivity index (χ1) is 15.8. The van der Waals surface area contributed by atoms with Gasteiger partial charge in [-0.25, -0.2) is 4.98 Å². The fourth-order valence-corrected chi connectivity index (χ4v) is 3.83. The summed E-state index contributed by atoms with van der Waals surface area (Å²) in [6, 6.07) is 17.2. The molecule has 0 radical (unpaired) electrons. The van der Waals surface area contributed by atoms with E-state index in [0.29, 0.717) is 24.5 Å². The lowest BCUT2D eigenvalue weighted by Gasteiger charge is -2.36. The number of nitrogens with one attached hydrogen (secondary N) is 1. The molecule has 7 heteroatoms. The number of carbonyl (C=O) groups is 2. The van der Waals surface area contributed by atoms with E-state index < -0.39 is 5.41 Å². The van der Waals surface area contributed by atoms with Crippen molar-refractivity contribution < 1.29 is 14.3 Å². The Morgan fingerprint density at radius 1 is 0.970 bits per heavy atom. The number of pyridine rings is 1. The van der Waals surface area contributed by atoms with Crippen molar-refractivity contribution in [1.29, 1.82) is 0 Å². The van der Waals surface area contributed by atoms with Gasteiger partial charge in [0.05, 0.1) is 12.6 Å². The highest BCUT2D eigenvalue weighted by Crippen LogP contribution is 2.26. The summed E-state index contributed by atoms with van der Waals surface area (Å²) in [4.78, 5) is 34.0. The molecule has 1 aromatic heterocycles. The largest absolute Gasteiger partial charge is 0.496 e. The summed E-state index contributed by atoms with van der Waals surface area (Å²) in [6.07, 6.45) is 0. The van der Waals surface area contributed by atoms with Crippen molar-refractivity contribution in [3.8, 4) is 5.75 Å². The second-order valence-corrected chi connectivity index (χ2v) is 9.26. The number of anilines is 2. The molecule has 3 aromatic rings. The first-order valence-corrected chi connectivity index (χ1v) is 11.2. The molecule has 4 rings (SSSR count). The molecule has 1 aliphatic rings. The molecule has 0 unspecified atom stereocenters. The third-order valence-electron chi connectivity index (χ3n) is 5.86. The summed E-state index contributed by atoms with van der Waals surface area (Å²) in [5, 5.41) is 3.84. The molecule has 0 bridgehead atoms. The maximum Gasteiger partial charge on any atom is 0.272 e. The number of nitrogens with zero attached hydrogens (tertiary/aromatic N) is 3. The summed E-state index contributed by atoms with van der Waals surface area (Å²) in [7, 11) is 1.61. The van der Waals surface area contributed by atoms with E-state index in [1.807, 2.05) is 74.2 Å². The van der Waals surface area contributed by atoms with Gasteiger partial charge in [0.1, 0.15) is 11.4 Å². The highest BCUT2D eigenvalue weighted by molar-refractivity contribution is 5.97. The van der Waals surface area contributed by atoms with Crippen LogP contribution in [-0.2, 0) is 4.79 Å². The van der Waals surface area contributed by atoms with E-state index in [-0.39, 0.29) is 11.8 Å². The minimum atomic E-state index is -0.439. The molecule has 1 saturated heterocycles. The van der Waals surface area contributed by atoms with Crippen LogP contribution in [0.1, 0.15) is 31.3 Å². The molecule has 0 saturated carbocycles. The van der Waals surface area contributed by atoms with Crippen molar-refractivity contribution in [2.45, 2.75) is 20.8 Å². The Kier molecular flexibility index (Phi) is 6.22. The monoisotopic (exact) mass is 446 g/mol. The van der Waals surface area contributed by atoms with Crippen LogP contribution in [0, 0.1) is 5.41 Å². The van der Waals surface area contributed by atoms with Crippen LogP contribution in [0.25, 0.3) is 10.9 Å². The molecule has 1 N–H and O–H groups in total. The van der Waals surface area contributed by atoms with Gasteiger partial charge in [0, 0.05) is 54.4 Å². The van der Waals surface area contributed by atoms with Gasteiger partial charge in [0.25, 0.3) is 5.91 Å². The standard InChI is InChI=1S/C26H30N4O3/c1-26(2,3)25(32)27-18-9-11-19(12-10-18)29-13-15-30(16-14-29)24(31)22-17-23(33-4)20-7-5-6-8-21(20)28-22/h5-12,17H,13-16H2,1-4H3,(H,27,32). The summed E-state index contributed by atoms with van der Waals surface area (Å²) in [5.74, 6) is 0.557. The summed E-state index contributed by atoms with van der Waals surface area (Å²) in [5.41, 5.74) is 2.56. The Morgan fingerprint density at radius 3 is 2.27 bits per heavy atom. The Morgan fingerprint density at radius 2 is 1.64 bits per heavy atom. The zero-order valence-electron chi connectivity index (χ0n) is 19.6. The van der Waals surface area contributed by atoms with Gasteiger partial charge in [-0.05, 0) is 36.4 Å². The minimum absolute atomic E-state index is 0.0127. The average Bonchev–Trinajstić information content (AvgIpc) is 2.83. The van der Waals surface area contributed by atoms with E-state index >= 15 is 0 Å². The average molecular weight is 447 g/mol. The fraction of sp³-hybridized carbons (Fsp3) is 0.346. The van der Waals surface area contributed by atoms with Crippen LogP contribution < -0.4 is 15.0 Å². The molecule has 2 heterocycles. The highest BCUT2D eigenvalue weighted by atomic mass is 16.5. The maximum absolute atomic E-state index is 13.1. The molecule has 0 aliphatic carbocycles. The van der Waals surface area contributed by atoms with Crippen LogP contribution in [-0.4, -0.2) is 55.0 Å². The third kappa shape index (κ3) is 4.92. The van der Waals surface area contributed by atoms with Crippen molar-refractivity contribution in [3.63, 3.8) is 0 Å². The van der Waals surface area contributed by atoms with Crippen LogP contribution in [0.4, 0.5) is 11.4 Å². The first kappa shape index (κ1) is 22.6. The van der Waals surface area contributed by atoms with Gasteiger partial charge in [-0.1, -0.05) is 32.9 Å². The van der Waals surface area contributed by atoms with Crippen molar-refractivity contribution >= 4 is 34.1 Å². The van der Waals surface area contributed by atoms with E-state index in [4.69, 9.17) is 4.74 Å². The SMILES string of the molecule is COc1cc(C(=O)N2CCN(c3ccc(NC(=O)C(C)(C)C)cc3)CC2)nc2ccccc12. The minimum Gasteiger partial charge on any atom is -0.496 e. The number of rotatable bonds is 4. The van der Waals surface area contributed by atoms with Gasteiger partial charge < -0.3 is 19.9 Å². The number of aromatic nitrogens is 1. The Balaban J connectivity index is 1.40. The molecule has 2 amide bonds. The van der Waals surface area contributed by atoms with Gasteiger partial charge in [0.15, 0.2) is 0 Å². The molecule has 172 valence electrons. The van der Waals surface area contributed by atoms with Gasteiger partial charge in [-0.2, -0.15) is 0 Å². The number of methoxy groups -OCH3 is 1. The van der Waals surface area contributed by atoms with E-state index in [0.717, 1.165) is 35.4 Å². The summed E-state index contributed by atoms with van der Waals surface area (Å²) < 4.78 is 5.49. The molecule has 0 atom stereocenters. The van der Waals surface area contributed by atoms with Crippen LogP contribution in [0.15, 0.2) is 54.6 Å². The number of para-hydroxylation sites is 1. The van der Waals surface area contributed by atoms with Gasteiger partial charge in [0.2, 0.25) is 5.91 Å². The van der Waals surface area contributed by atoms with Crippen molar-refractivity contribution in [3.05, 3.63) is 60.3 Å². The second kappa shape index (κ2) is 9.10. The number of benzene rings is 2. The highest BCUT2D eigenvalue weighted by Gasteiger charge is 2.25. The number of carbonyl (C=O) groups excluding carboxylic acids is 2. The van der Waals surface area contributed by atoms with E-state index in [1.54, 1.807) is 13.2 Å². The zero-order valence-corrected chi connectivity index (χ0v) is 19.6. The lowest BCUT2D eigenvalue weighted by atomic mass is 9.95. The molecular weight excluding hydrogens is 416 g/mol. The predicted molar refractivity (Wildman–Crippen MR) is 131 cm³/mol. The Labute approximate surface area is 194 Å². The molecule has 33 heavy (non-hydrogen) atoms. The first-order valence-electron chi connectivity index (χ1n) is 11.2. The maximum atomic E-state index is 13.1. The summed E-state index contributed by atoms with van der Waals surface area (Å²) in [6.45, 7) is 8.34. The molecule has 1 fully saturated rings. The van der Waals surface area contributed by atoms with Crippen LogP contribution >= 0.6 is 0 Å². The lowest BCUT2D eigenvalue weighted by Crippen LogP contribution is -2.49.